The molecular weight excluding hydrogens is 348 g/mol. The Hall–Kier alpha value is -1.09. The maximum atomic E-state index is 14.2. The zero-order valence-corrected chi connectivity index (χ0v) is 15.7. The van der Waals surface area contributed by atoms with Gasteiger partial charge in [0.2, 0.25) is 0 Å². The predicted molar refractivity (Wildman–Crippen MR) is 92.2 cm³/mol. The van der Waals surface area contributed by atoms with Crippen molar-refractivity contribution in [3.8, 4) is 0 Å². The lowest BCUT2D eigenvalue weighted by molar-refractivity contribution is 0.123. The molecule has 8 heteroatoms. The molecule has 25 heavy (non-hydrogen) atoms. The summed E-state index contributed by atoms with van der Waals surface area (Å²) in [5, 5.41) is 0. The summed E-state index contributed by atoms with van der Waals surface area (Å²) >= 11 is 0. The minimum atomic E-state index is -3.46. The van der Waals surface area contributed by atoms with Gasteiger partial charge in [-0.25, -0.2) is 8.78 Å². The number of hydrogen-bond acceptors (Lipinski definition) is 3. The second-order valence-electron chi connectivity index (χ2n) is 7.30. The van der Waals surface area contributed by atoms with Crippen LogP contribution in [0.15, 0.2) is 12.1 Å². The first-order valence-corrected chi connectivity index (χ1v) is 9.95. The van der Waals surface area contributed by atoms with E-state index < -0.39 is 21.8 Å². The van der Waals surface area contributed by atoms with Gasteiger partial charge in [-0.05, 0) is 31.2 Å². The van der Waals surface area contributed by atoms with Crippen LogP contribution in [0, 0.1) is 24.5 Å². The molecule has 3 heterocycles. The molecular formula is C17H25F2N3O2S. The Labute approximate surface area is 148 Å². The minimum absolute atomic E-state index is 0.0252. The Bertz CT molecular complexity index is 755. The number of halogens is 2. The van der Waals surface area contributed by atoms with Gasteiger partial charge in [0.05, 0.1) is 0 Å². The lowest BCUT2D eigenvalue weighted by Gasteiger charge is -2.36. The Kier molecular flexibility index (Phi) is 5.16. The summed E-state index contributed by atoms with van der Waals surface area (Å²) in [6.07, 6.45) is 1.84. The maximum Gasteiger partial charge on any atom is 0.281 e. The number of benzene rings is 1. The largest absolute Gasteiger partial charge is 0.294 e. The average Bonchev–Trinajstić information content (AvgIpc) is 2.87. The molecule has 0 aromatic heterocycles. The summed E-state index contributed by atoms with van der Waals surface area (Å²) in [6.45, 7) is 3.43. The standard InChI is InChI=1S/C17H25F2N3O2S/c1-12-4-6-14(17(19)16(12)18)10-21-8-13-5-7-15(21)11-22(9-13)25(23,24)20(2)3/h4,6,13,15H,5,7-11H2,1-3H3/t13-,15-/m0/s1. The number of fused-ring (bicyclic) bond motifs is 4. The molecule has 0 aliphatic carbocycles. The van der Waals surface area contributed by atoms with Crippen LogP contribution in [-0.2, 0) is 16.8 Å². The van der Waals surface area contributed by atoms with E-state index in [1.807, 2.05) is 0 Å². The maximum absolute atomic E-state index is 14.2. The topological polar surface area (TPSA) is 43.9 Å². The number of aryl methyl sites for hydroxylation is 1. The molecule has 3 saturated heterocycles. The van der Waals surface area contributed by atoms with E-state index in [9.17, 15) is 17.2 Å². The molecule has 1 aromatic carbocycles. The van der Waals surface area contributed by atoms with E-state index in [0.717, 1.165) is 12.8 Å². The smallest absolute Gasteiger partial charge is 0.281 e. The van der Waals surface area contributed by atoms with Crippen molar-refractivity contribution in [3.63, 3.8) is 0 Å². The fourth-order valence-electron chi connectivity index (χ4n) is 3.78. The first-order chi connectivity index (χ1) is 11.7. The van der Waals surface area contributed by atoms with Gasteiger partial charge in [-0.1, -0.05) is 12.1 Å². The zero-order chi connectivity index (χ0) is 18.4. The first-order valence-electron chi connectivity index (χ1n) is 8.55. The second kappa shape index (κ2) is 6.90. The van der Waals surface area contributed by atoms with Crippen molar-refractivity contribution in [1.82, 2.24) is 13.5 Å². The Morgan fingerprint density at radius 3 is 2.52 bits per heavy atom. The summed E-state index contributed by atoms with van der Waals surface area (Å²) in [7, 11) is -0.396. The van der Waals surface area contributed by atoms with E-state index in [0.29, 0.717) is 37.3 Å². The highest BCUT2D eigenvalue weighted by molar-refractivity contribution is 7.86. The molecule has 0 saturated carbocycles. The lowest BCUT2D eigenvalue weighted by atomic mass is 9.94. The van der Waals surface area contributed by atoms with Crippen LogP contribution in [0.3, 0.4) is 0 Å². The molecule has 5 nitrogen and oxygen atoms in total. The van der Waals surface area contributed by atoms with E-state index in [1.54, 1.807) is 19.1 Å². The Morgan fingerprint density at radius 2 is 1.84 bits per heavy atom. The quantitative estimate of drug-likeness (QED) is 0.811. The molecule has 0 unspecified atom stereocenters. The van der Waals surface area contributed by atoms with Gasteiger partial charge in [-0.3, -0.25) is 4.90 Å². The van der Waals surface area contributed by atoms with Crippen LogP contribution in [0.1, 0.15) is 24.0 Å². The van der Waals surface area contributed by atoms with Gasteiger partial charge in [0.15, 0.2) is 11.6 Å². The highest BCUT2D eigenvalue weighted by atomic mass is 32.2. The van der Waals surface area contributed by atoms with Crippen molar-refractivity contribution >= 4 is 10.2 Å². The van der Waals surface area contributed by atoms with Gasteiger partial charge in [0.1, 0.15) is 0 Å². The summed E-state index contributed by atoms with van der Waals surface area (Å²) < 4.78 is 55.8. The normalized spacial score (nSPS) is 25.5. The van der Waals surface area contributed by atoms with Crippen LogP contribution in [0.5, 0.6) is 0 Å². The van der Waals surface area contributed by atoms with Gasteiger partial charge in [-0.2, -0.15) is 17.0 Å². The zero-order valence-electron chi connectivity index (χ0n) is 14.9. The predicted octanol–water partition coefficient (Wildman–Crippen LogP) is 1.98. The molecule has 3 fully saturated rings. The molecule has 4 rings (SSSR count). The number of piperidine rings is 1. The number of nitrogens with zero attached hydrogens (tertiary/aromatic N) is 3. The first kappa shape index (κ1) is 18.7. The molecule has 0 N–H and O–H groups in total. The average molecular weight is 373 g/mol. The SMILES string of the molecule is Cc1ccc(CN2C[C@@H]3CC[C@H]2CN(S(=O)(=O)N(C)C)C3)c(F)c1F. The van der Waals surface area contributed by atoms with E-state index in [4.69, 9.17) is 0 Å². The highest BCUT2D eigenvalue weighted by Gasteiger charge is 2.39. The van der Waals surface area contributed by atoms with E-state index in [-0.39, 0.29) is 12.0 Å². The minimum Gasteiger partial charge on any atom is -0.294 e. The molecule has 3 aliphatic rings. The number of rotatable bonds is 4. The highest BCUT2D eigenvalue weighted by Crippen LogP contribution is 2.31. The van der Waals surface area contributed by atoms with Crippen molar-refractivity contribution in [2.24, 2.45) is 5.92 Å². The summed E-state index contributed by atoms with van der Waals surface area (Å²) in [6, 6.07) is 3.24. The van der Waals surface area contributed by atoms with Crippen LogP contribution in [-0.4, -0.2) is 61.7 Å². The molecule has 0 radical (unpaired) electrons. The van der Waals surface area contributed by atoms with Gasteiger partial charge in [-0.15, -0.1) is 0 Å². The van der Waals surface area contributed by atoms with Gasteiger partial charge in [0.25, 0.3) is 10.2 Å². The van der Waals surface area contributed by atoms with E-state index in [1.165, 1.54) is 22.7 Å². The molecule has 0 spiro atoms. The molecule has 2 atom stereocenters. The van der Waals surface area contributed by atoms with Crippen molar-refractivity contribution in [2.75, 3.05) is 33.7 Å². The van der Waals surface area contributed by atoms with Crippen LogP contribution >= 0.6 is 0 Å². The van der Waals surface area contributed by atoms with Crippen LogP contribution in [0.4, 0.5) is 8.78 Å². The number of hydrogen-bond donors (Lipinski definition) is 0. The molecule has 1 aromatic rings. The van der Waals surface area contributed by atoms with Crippen molar-refractivity contribution < 1.29 is 17.2 Å². The Morgan fingerprint density at radius 1 is 1.12 bits per heavy atom. The van der Waals surface area contributed by atoms with Gasteiger partial charge < -0.3 is 0 Å². The van der Waals surface area contributed by atoms with Crippen molar-refractivity contribution in [2.45, 2.75) is 32.4 Å². The lowest BCUT2D eigenvalue weighted by Crippen LogP contribution is -2.46. The van der Waals surface area contributed by atoms with Gasteiger partial charge in [0, 0.05) is 51.9 Å². The Balaban J connectivity index is 1.81. The summed E-state index contributed by atoms with van der Waals surface area (Å²) in [5.41, 5.74) is 0.625. The van der Waals surface area contributed by atoms with Crippen LogP contribution in [0.25, 0.3) is 0 Å². The van der Waals surface area contributed by atoms with E-state index in [2.05, 4.69) is 4.90 Å². The molecule has 2 bridgehead atoms. The second-order valence-corrected chi connectivity index (χ2v) is 9.45. The van der Waals surface area contributed by atoms with Crippen LogP contribution in [0.2, 0.25) is 0 Å². The monoisotopic (exact) mass is 373 g/mol. The van der Waals surface area contributed by atoms with Gasteiger partial charge >= 0.3 is 0 Å². The van der Waals surface area contributed by atoms with Crippen molar-refractivity contribution in [3.05, 3.63) is 34.9 Å². The van der Waals surface area contributed by atoms with Crippen LogP contribution < -0.4 is 0 Å². The third-order valence-electron chi connectivity index (χ3n) is 5.31. The van der Waals surface area contributed by atoms with Crippen molar-refractivity contribution in [1.29, 1.82) is 0 Å². The van der Waals surface area contributed by atoms with E-state index >= 15 is 0 Å². The molecule has 140 valence electrons. The molecule has 0 amide bonds. The fourth-order valence-corrected chi connectivity index (χ4v) is 5.00. The summed E-state index contributed by atoms with van der Waals surface area (Å²) in [4.78, 5) is 2.10. The third kappa shape index (κ3) is 3.58. The third-order valence-corrected chi connectivity index (χ3v) is 7.18. The molecule has 3 aliphatic heterocycles. The fraction of sp³-hybridized carbons (Fsp3) is 0.647. The summed E-state index contributed by atoms with van der Waals surface area (Å²) in [5.74, 6) is -1.38.